The first-order chi connectivity index (χ1) is 9.51. The van der Waals surface area contributed by atoms with Crippen LogP contribution in [0.2, 0.25) is 0 Å². The van der Waals surface area contributed by atoms with Crippen LogP contribution in [0.25, 0.3) is 0 Å². The SMILES string of the molecule is COc1ccc(CC(N)c2ccc(C)c(Br)c2)cc1F. The van der Waals surface area contributed by atoms with Crippen molar-refractivity contribution >= 4 is 15.9 Å². The van der Waals surface area contributed by atoms with Crippen LogP contribution in [0.1, 0.15) is 22.7 Å². The van der Waals surface area contributed by atoms with E-state index in [4.69, 9.17) is 10.5 Å². The lowest BCUT2D eigenvalue weighted by molar-refractivity contribution is 0.386. The highest BCUT2D eigenvalue weighted by molar-refractivity contribution is 9.10. The quantitative estimate of drug-likeness (QED) is 0.909. The molecule has 0 aliphatic carbocycles. The lowest BCUT2D eigenvalue weighted by Crippen LogP contribution is -2.13. The molecule has 0 aromatic heterocycles. The molecule has 0 saturated heterocycles. The Morgan fingerprint density at radius 1 is 1.25 bits per heavy atom. The lowest BCUT2D eigenvalue weighted by Gasteiger charge is -2.14. The highest BCUT2D eigenvalue weighted by atomic mass is 79.9. The standard InChI is InChI=1S/C16H17BrFNO/c1-10-3-5-12(9-13(10)17)15(19)8-11-4-6-16(20-2)14(18)7-11/h3-7,9,15H,8,19H2,1-2H3. The third-order valence-electron chi connectivity index (χ3n) is 3.30. The van der Waals surface area contributed by atoms with Crippen LogP contribution in [0.15, 0.2) is 40.9 Å². The molecule has 0 saturated carbocycles. The molecule has 2 aromatic carbocycles. The maximum Gasteiger partial charge on any atom is 0.165 e. The van der Waals surface area contributed by atoms with E-state index >= 15 is 0 Å². The van der Waals surface area contributed by atoms with Gasteiger partial charge in [0.2, 0.25) is 0 Å². The Labute approximate surface area is 126 Å². The highest BCUT2D eigenvalue weighted by Crippen LogP contribution is 2.24. The molecule has 1 unspecified atom stereocenters. The van der Waals surface area contributed by atoms with Crippen molar-refractivity contribution in [3.63, 3.8) is 0 Å². The maximum absolute atomic E-state index is 13.6. The minimum Gasteiger partial charge on any atom is -0.494 e. The Hall–Kier alpha value is -1.39. The second kappa shape index (κ2) is 6.37. The molecule has 4 heteroatoms. The average molecular weight is 338 g/mol. The summed E-state index contributed by atoms with van der Waals surface area (Å²) >= 11 is 3.50. The van der Waals surface area contributed by atoms with Gasteiger partial charge in [-0.25, -0.2) is 4.39 Å². The zero-order chi connectivity index (χ0) is 14.7. The summed E-state index contributed by atoms with van der Waals surface area (Å²) in [7, 11) is 1.45. The van der Waals surface area contributed by atoms with E-state index in [-0.39, 0.29) is 17.6 Å². The van der Waals surface area contributed by atoms with Crippen molar-refractivity contribution < 1.29 is 9.13 Å². The average Bonchev–Trinajstić information content (AvgIpc) is 2.42. The maximum atomic E-state index is 13.6. The number of aryl methyl sites for hydroxylation is 1. The number of halogens is 2. The zero-order valence-electron chi connectivity index (χ0n) is 11.5. The van der Waals surface area contributed by atoms with Crippen LogP contribution in [-0.4, -0.2) is 7.11 Å². The van der Waals surface area contributed by atoms with Crippen LogP contribution in [-0.2, 0) is 6.42 Å². The predicted molar refractivity (Wildman–Crippen MR) is 82.5 cm³/mol. The molecule has 2 nitrogen and oxygen atoms in total. The Bertz CT molecular complexity index is 615. The molecule has 0 amide bonds. The molecule has 2 N–H and O–H groups in total. The third kappa shape index (κ3) is 3.38. The third-order valence-corrected chi connectivity index (χ3v) is 4.15. The van der Waals surface area contributed by atoms with Gasteiger partial charge in [0.05, 0.1) is 7.11 Å². The molecule has 0 aliphatic rings. The van der Waals surface area contributed by atoms with Gasteiger partial charge < -0.3 is 10.5 Å². The van der Waals surface area contributed by atoms with Crippen molar-refractivity contribution in [3.8, 4) is 5.75 Å². The largest absolute Gasteiger partial charge is 0.494 e. The summed E-state index contributed by atoms with van der Waals surface area (Å²) in [6.45, 7) is 2.03. The summed E-state index contributed by atoms with van der Waals surface area (Å²) in [5.74, 6) is -0.109. The number of benzene rings is 2. The molecular weight excluding hydrogens is 321 g/mol. The normalized spacial score (nSPS) is 12.2. The molecule has 0 heterocycles. The topological polar surface area (TPSA) is 35.2 Å². The molecule has 106 valence electrons. The molecule has 0 bridgehead atoms. The predicted octanol–water partition coefficient (Wildman–Crippen LogP) is 4.15. The van der Waals surface area contributed by atoms with Crippen molar-refractivity contribution in [2.45, 2.75) is 19.4 Å². The minimum atomic E-state index is -0.359. The van der Waals surface area contributed by atoms with E-state index in [1.807, 2.05) is 31.2 Å². The van der Waals surface area contributed by atoms with E-state index in [1.54, 1.807) is 6.07 Å². The van der Waals surface area contributed by atoms with Crippen molar-refractivity contribution in [2.75, 3.05) is 7.11 Å². The first-order valence-electron chi connectivity index (χ1n) is 6.35. The van der Waals surface area contributed by atoms with Crippen LogP contribution >= 0.6 is 15.9 Å². The van der Waals surface area contributed by atoms with E-state index < -0.39 is 0 Å². The molecule has 20 heavy (non-hydrogen) atoms. The van der Waals surface area contributed by atoms with E-state index in [0.29, 0.717) is 6.42 Å². The van der Waals surface area contributed by atoms with Gasteiger partial charge in [0.1, 0.15) is 0 Å². The van der Waals surface area contributed by atoms with Crippen LogP contribution in [0, 0.1) is 12.7 Å². The van der Waals surface area contributed by atoms with Gasteiger partial charge >= 0.3 is 0 Å². The fourth-order valence-corrected chi connectivity index (χ4v) is 2.44. The Morgan fingerprint density at radius 2 is 2.00 bits per heavy atom. The fraction of sp³-hybridized carbons (Fsp3) is 0.250. The molecule has 2 aromatic rings. The first-order valence-corrected chi connectivity index (χ1v) is 7.14. The molecule has 0 fully saturated rings. The van der Waals surface area contributed by atoms with Crippen LogP contribution in [0.4, 0.5) is 4.39 Å². The number of hydrogen-bond acceptors (Lipinski definition) is 2. The second-order valence-electron chi connectivity index (χ2n) is 4.79. The van der Waals surface area contributed by atoms with Gasteiger partial charge in [-0.05, 0) is 48.2 Å². The fourth-order valence-electron chi connectivity index (χ4n) is 2.05. The number of methoxy groups -OCH3 is 1. The molecule has 2 rings (SSSR count). The lowest BCUT2D eigenvalue weighted by atomic mass is 9.99. The number of hydrogen-bond donors (Lipinski definition) is 1. The van der Waals surface area contributed by atoms with Gasteiger partial charge in [-0.2, -0.15) is 0 Å². The summed E-state index contributed by atoms with van der Waals surface area (Å²) in [4.78, 5) is 0. The smallest absolute Gasteiger partial charge is 0.165 e. The van der Waals surface area contributed by atoms with Crippen LogP contribution < -0.4 is 10.5 Å². The number of nitrogens with two attached hydrogens (primary N) is 1. The summed E-state index contributed by atoms with van der Waals surface area (Å²) in [5.41, 5.74) is 9.24. The molecule has 0 radical (unpaired) electrons. The van der Waals surface area contributed by atoms with E-state index in [0.717, 1.165) is 21.2 Å². The van der Waals surface area contributed by atoms with Gasteiger partial charge in [-0.3, -0.25) is 0 Å². The van der Waals surface area contributed by atoms with Gasteiger partial charge in [-0.1, -0.05) is 34.1 Å². The monoisotopic (exact) mass is 337 g/mol. The summed E-state index contributed by atoms with van der Waals surface area (Å²) in [5, 5.41) is 0. The zero-order valence-corrected chi connectivity index (χ0v) is 13.1. The van der Waals surface area contributed by atoms with Gasteiger partial charge in [0.25, 0.3) is 0 Å². The Kier molecular flexibility index (Phi) is 4.78. The van der Waals surface area contributed by atoms with Gasteiger partial charge in [0, 0.05) is 10.5 Å². The molecule has 0 aliphatic heterocycles. The number of rotatable bonds is 4. The second-order valence-corrected chi connectivity index (χ2v) is 5.64. The molecule has 0 spiro atoms. The van der Waals surface area contributed by atoms with E-state index in [9.17, 15) is 4.39 Å². The summed E-state index contributed by atoms with van der Waals surface area (Å²) in [6, 6.07) is 10.8. The summed E-state index contributed by atoms with van der Waals surface area (Å²) in [6.07, 6.45) is 0.580. The van der Waals surface area contributed by atoms with Gasteiger partial charge in [-0.15, -0.1) is 0 Å². The van der Waals surface area contributed by atoms with Gasteiger partial charge in [0.15, 0.2) is 11.6 Å². The minimum absolute atomic E-state index is 0.167. The highest BCUT2D eigenvalue weighted by Gasteiger charge is 2.10. The number of ether oxygens (including phenoxy) is 1. The molecule has 1 atom stereocenters. The van der Waals surface area contributed by atoms with E-state index in [2.05, 4.69) is 15.9 Å². The van der Waals surface area contributed by atoms with Crippen LogP contribution in [0.3, 0.4) is 0 Å². The van der Waals surface area contributed by atoms with Crippen molar-refractivity contribution in [1.29, 1.82) is 0 Å². The van der Waals surface area contributed by atoms with Crippen molar-refractivity contribution in [1.82, 2.24) is 0 Å². The Balaban J connectivity index is 2.16. The van der Waals surface area contributed by atoms with Crippen molar-refractivity contribution in [2.24, 2.45) is 5.73 Å². The van der Waals surface area contributed by atoms with Crippen molar-refractivity contribution in [3.05, 3.63) is 63.4 Å². The summed E-state index contributed by atoms with van der Waals surface area (Å²) < 4.78 is 19.6. The molecular formula is C16H17BrFNO. The Morgan fingerprint density at radius 3 is 2.60 bits per heavy atom. The first kappa shape index (κ1) is 15.0. The van der Waals surface area contributed by atoms with Crippen LogP contribution in [0.5, 0.6) is 5.75 Å². The van der Waals surface area contributed by atoms with E-state index in [1.165, 1.54) is 13.2 Å².